The molecular formula is C15H28N2O. The lowest BCUT2D eigenvalue weighted by atomic mass is 9.76. The van der Waals surface area contributed by atoms with Crippen LogP contribution in [0.15, 0.2) is 0 Å². The number of carbonyl (C=O) groups is 1. The van der Waals surface area contributed by atoms with Gasteiger partial charge in [0, 0.05) is 19.0 Å². The molecule has 3 N–H and O–H groups in total. The molecule has 3 nitrogen and oxygen atoms in total. The van der Waals surface area contributed by atoms with E-state index in [4.69, 9.17) is 5.73 Å². The van der Waals surface area contributed by atoms with E-state index in [1.807, 2.05) is 0 Å². The molecule has 0 heterocycles. The van der Waals surface area contributed by atoms with E-state index < -0.39 is 0 Å². The van der Waals surface area contributed by atoms with Crippen LogP contribution in [0.1, 0.15) is 64.7 Å². The number of amides is 1. The first-order valence-corrected chi connectivity index (χ1v) is 7.66. The normalized spacial score (nSPS) is 37.2. The topological polar surface area (TPSA) is 55.1 Å². The van der Waals surface area contributed by atoms with Crippen molar-refractivity contribution in [3.8, 4) is 0 Å². The third kappa shape index (κ3) is 4.27. The van der Waals surface area contributed by atoms with Crippen LogP contribution < -0.4 is 11.1 Å². The number of carbonyl (C=O) groups excluding carboxylic acids is 1. The minimum atomic E-state index is 0.125. The standard InChI is InChI=1S/C15H28N2O/c1-11(18)17-15-8-4-13(5-9-15)10-12-2-6-14(16)7-3-12/h12-15H,2-10,16H2,1H3,(H,17,18). The molecule has 104 valence electrons. The Hall–Kier alpha value is -0.570. The number of hydrogen-bond donors (Lipinski definition) is 2. The Morgan fingerprint density at radius 2 is 1.50 bits per heavy atom. The molecule has 0 unspecified atom stereocenters. The lowest BCUT2D eigenvalue weighted by molar-refractivity contribution is -0.119. The van der Waals surface area contributed by atoms with Crippen LogP contribution in [0.25, 0.3) is 0 Å². The van der Waals surface area contributed by atoms with Crippen LogP contribution >= 0.6 is 0 Å². The maximum Gasteiger partial charge on any atom is 0.217 e. The smallest absolute Gasteiger partial charge is 0.217 e. The highest BCUT2D eigenvalue weighted by molar-refractivity contribution is 5.73. The van der Waals surface area contributed by atoms with Crippen LogP contribution in [-0.2, 0) is 4.79 Å². The summed E-state index contributed by atoms with van der Waals surface area (Å²) in [5, 5.41) is 3.06. The van der Waals surface area contributed by atoms with Gasteiger partial charge in [-0.15, -0.1) is 0 Å². The minimum absolute atomic E-state index is 0.125. The molecule has 0 aliphatic heterocycles. The van der Waals surface area contributed by atoms with E-state index in [9.17, 15) is 4.79 Å². The van der Waals surface area contributed by atoms with E-state index in [-0.39, 0.29) is 5.91 Å². The van der Waals surface area contributed by atoms with Crippen LogP contribution in [-0.4, -0.2) is 18.0 Å². The minimum Gasteiger partial charge on any atom is -0.354 e. The highest BCUT2D eigenvalue weighted by Crippen LogP contribution is 2.34. The molecule has 0 atom stereocenters. The van der Waals surface area contributed by atoms with Gasteiger partial charge in [-0.1, -0.05) is 0 Å². The molecule has 0 aromatic carbocycles. The van der Waals surface area contributed by atoms with Crippen molar-refractivity contribution in [1.82, 2.24) is 5.32 Å². The van der Waals surface area contributed by atoms with E-state index in [1.165, 1.54) is 57.8 Å². The van der Waals surface area contributed by atoms with Crippen LogP contribution in [0.2, 0.25) is 0 Å². The van der Waals surface area contributed by atoms with Crippen LogP contribution in [0.5, 0.6) is 0 Å². The van der Waals surface area contributed by atoms with Crippen molar-refractivity contribution in [3.63, 3.8) is 0 Å². The molecule has 0 saturated heterocycles. The van der Waals surface area contributed by atoms with Crippen molar-refractivity contribution in [2.75, 3.05) is 0 Å². The van der Waals surface area contributed by atoms with E-state index in [2.05, 4.69) is 5.32 Å². The summed E-state index contributed by atoms with van der Waals surface area (Å²) >= 11 is 0. The Kier molecular flexibility index (Phi) is 5.04. The van der Waals surface area contributed by atoms with E-state index >= 15 is 0 Å². The monoisotopic (exact) mass is 252 g/mol. The second-order valence-corrected chi connectivity index (χ2v) is 6.43. The highest BCUT2D eigenvalue weighted by atomic mass is 16.1. The zero-order chi connectivity index (χ0) is 13.0. The first kappa shape index (κ1) is 13.9. The summed E-state index contributed by atoms with van der Waals surface area (Å²) in [6.45, 7) is 1.62. The second kappa shape index (κ2) is 6.55. The third-order valence-corrected chi connectivity index (χ3v) is 4.81. The molecule has 2 aliphatic carbocycles. The maximum absolute atomic E-state index is 11.0. The molecule has 2 saturated carbocycles. The van der Waals surface area contributed by atoms with E-state index in [1.54, 1.807) is 6.92 Å². The molecule has 2 aliphatic rings. The SMILES string of the molecule is CC(=O)NC1CCC(CC2CCC(N)CC2)CC1. The second-order valence-electron chi connectivity index (χ2n) is 6.43. The summed E-state index contributed by atoms with van der Waals surface area (Å²) in [6, 6.07) is 0.912. The van der Waals surface area contributed by atoms with Crippen molar-refractivity contribution in [2.24, 2.45) is 17.6 Å². The van der Waals surface area contributed by atoms with Gasteiger partial charge in [0.25, 0.3) is 0 Å². The van der Waals surface area contributed by atoms with Gasteiger partial charge in [0.1, 0.15) is 0 Å². The fourth-order valence-electron chi connectivity index (χ4n) is 3.73. The average Bonchev–Trinajstić information content (AvgIpc) is 2.34. The van der Waals surface area contributed by atoms with Crippen LogP contribution in [0, 0.1) is 11.8 Å². The molecular weight excluding hydrogens is 224 g/mol. The highest BCUT2D eigenvalue weighted by Gasteiger charge is 2.26. The van der Waals surface area contributed by atoms with Gasteiger partial charge in [0.15, 0.2) is 0 Å². The first-order chi connectivity index (χ1) is 8.63. The molecule has 2 rings (SSSR count). The lowest BCUT2D eigenvalue weighted by Crippen LogP contribution is -2.36. The number of hydrogen-bond acceptors (Lipinski definition) is 2. The molecule has 18 heavy (non-hydrogen) atoms. The average molecular weight is 252 g/mol. The predicted octanol–water partition coefficient (Wildman–Crippen LogP) is 2.59. The Morgan fingerprint density at radius 3 is 2.00 bits per heavy atom. The van der Waals surface area contributed by atoms with E-state index in [0.29, 0.717) is 12.1 Å². The number of nitrogens with one attached hydrogen (secondary N) is 1. The largest absolute Gasteiger partial charge is 0.354 e. The zero-order valence-corrected chi connectivity index (χ0v) is 11.7. The van der Waals surface area contributed by atoms with E-state index in [0.717, 1.165) is 11.8 Å². The van der Waals surface area contributed by atoms with Crippen molar-refractivity contribution in [2.45, 2.75) is 76.8 Å². The Morgan fingerprint density at radius 1 is 1.00 bits per heavy atom. The molecule has 0 radical (unpaired) electrons. The summed E-state index contributed by atoms with van der Waals surface area (Å²) in [5.74, 6) is 1.95. The molecule has 2 fully saturated rings. The summed E-state index contributed by atoms with van der Waals surface area (Å²) in [6.07, 6.45) is 11.5. The molecule has 0 spiro atoms. The van der Waals surface area contributed by atoms with Gasteiger partial charge in [0.2, 0.25) is 5.91 Å². The Balaban J connectivity index is 1.65. The predicted molar refractivity (Wildman–Crippen MR) is 74.1 cm³/mol. The third-order valence-electron chi connectivity index (χ3n) is 4.81. The molecule has 0 aromatic rings. The van der Waals surface area contributed by atoms with Gasteiger partial charge in [-0.2, -0.15) is 0 Å². The number of nitrogens with two attached hydrogens (primary N) is 1. The fraction of sp³-hybridized carbons (Fsp3) is 0.933. The van der Waals surface area contributed by atoms with Crippen molar-refractivity contribution >= 4 is 5.91 Å². The zero-order valence-electron chi connectivity index (χ0n) is 11.7. The maximum atomic E-state index is 11.0. The number of rotatable bonds is 3. The van der Waals surface area contributed by atoms with Gasteiger partial charge in [0.05, 0.1) is 0 Å². The summed E-state index contributed by atoms with van der Waals surface area (Å²) in [7, 11) is 0. The van der Waals surface area contributed by atoms with Crippen LogP contribution in [0.4, 0.5) is 0 Å². The summed E-state index contributed by atoms with van der Waals surface area (Å²) < 4.78 is 0. The summed E-state index contributed by atoms with van der Waals surface area (Å²) in [4.78, 5) is 11.0. The van der Waals surface area contributed by atoms with Gasteiger partial charge in [-0.3, -0.25) is 4.79 Å². The van der Waals surface area contributed by atoms with Crippen molar-refractivity contribution in [3.05, 3.63) is 0 Å². The quantitative estimate of drug-likeness (QED) is 0.811. The molecule has 0 aromatic heterocycles. The molecule has 0 bridgehead atoms. The fourth-order valence-corrected chi connectivity index (χ4v) is 3.73. The van der Waals surface area contributed by atoms with Crippen molar-refractivity contribution < 1.29 is 4.79 Å². The first-order valence-electron chi connectivity index (χ1n) is 7.66. The van der Waals surface area contributed by atoms with Crippen LogP contribution in [0.3, 0.4) is 0 Å². The van der Waals surface area contributed by atoms with Gasteiger partial charge in [-0.05, 0) is 69.6 Å². The van der Waals surface area contributed by atoms with Crippen molar-refractivity contribution in [1.29, 1.82) is 0 Å². The molecule has 3 heteroatoms. The van der Waals surface area contributed by atoms with Gasteiger partial charge < -0.3 is 11.1 Å². The Bertz CT molecular complexity index is 264. The lowest BCUT2D eigenvalue weighted by Gasteiger charge is -2.33. The summed E-state index contributed by atoms with van der Waals surface area (Å²) in [5.41, 5.74) is 5.95. The van der Waals surface area contributed by atoms with Gasteiger partial charge >= 0.3 is 0 Å². The van der Waals surface area contributed by atoms with Gasteiger partial charge in [-0.25, -0.2) is 0 Å². The Labute approximate surface area is 111 Å². The molecule has 1 amide bonds.